The number of nitro groups is 1. The molecule has 1 rings (SSSR count). The molecular formula is C15H23N3O4. The highest BCUT2D eigenvalue weighted by Gasteiger charge is 2.21. The summed E-state index contributed by atoms with van der Waals surface area (Å²) in [4.78, 5) is 22.2. The van der Waals surface area contributed by atoms with Gasteiger partial charge in [0.25, 0.3) is 5.69 Å². The molecule has 0 fully saturated rings. The van der Waals surface area contributed by atoms with Crippen LogP contribution in [0.15, 0.2) is 18.2 Å². The molecule has 0 heterocycles. The fourth-order valence-corrected chi connectivity index (χ4v) is 2.20. The lowest BCUT2D eigenvalue weighted by molar-refractivity contribution is -0.385. The van der Waals surface area contributed by atoms with Gasteiger partial charge >= 0.3 is 6.03 Å². The second-order valence-electron chi connectivity index (χ2n) is 5.93. The molecule has 0 aliphatic carbocycles. The maximum Gasteiger partial charge on any atom is 0.319 e. The molecule has 0 saturated heterocycles. The van der Waals surface area contributed by atoms with Gasteiger partial charge in [-0.25, -0.2) is 4.79 Å². The Morgan fingerprint density at radius 2 is 2.09 bits per heavy atom. The van der Waals surface area contributed by atoms with Crippen LogP contribution in [0.1, 0.15) is 32.8 Å². The van der Waals surface area contributed by atoms with Gasteiger partial charge in [-0.3, -0.25) is 10.1 Å². The fraction of sp³-hybridized carbons (Fsp3) is 0.533. The van der Waals surface area contributed by atoms with Crippen LogP contribution in [0, 0.1) is 17.0 Å². The second-order valence-corrected chi connectivity index (χ2v) is 5.93. The Hall–Kier alpha value is -2.15. The van der Waals surface area contributed by atoms with Gasteiger partial charge in [0.2, 0.25) is 0 Å². The normalized spacial score (nSPS) is 12.6. The Labute approximate surface area is 130 Å². The number of nitrogens with zero attached hydrogens (tertiary/aromatic N) is 1. The number of carbonyl (C=O) groups is 1. The van der Waals surface area contributed by atoms with Crippen LogP contribution in [-0.4, -0.2) is 29.7 Å². The number of carbonyl (C=O) groups excluding carboxylic acids is 1. The van der Waals surface area contributed by atoms with Crippen molar-refractivity contribution >= 4 is 17.4 Å². The van der Waals surface area contributed by atoms with Crippen LogP contribution in [0.4, 0.5) is 16.2 Å². The first kappa shape index (κ1) is 17.9. The molecule has 0 spiro atoms. The number of methoxy groups -OCH3 is 1. The van der Waals surface area contributed by atoms with Crippen molar-refractivity contribution in [3.05, 3.63) is 33.9 Å². The Bertz CT molecular complexity index is 558. The predicted molar refractivity (Wildman–Crippen MR) is 85.2 cm³/mol. The molecule has 0 bridgehead atoms. The fourth-order valence-electron chi connectivity index (χ4n) is 2.20. The number of nitrogens with one attached hydrogen (secondary N) is 2. The molecule has 22 heavy (non-hydrogen) atoms. The number of aryl methyl sites for hydroxylation is 1. The average molecular weight is 309 g/mol. The average Bonchev–Trinajstić information content (AvgIpc) is 2.37. The van der Waals surface area contributed by atoms with Gasteiger partial charge in [-0.15, -0.1) is 0 Å². The minimum atomic E-state index is -0.450. The predicted octanol–water partition coefficient (Wildman–Crippen LogP) is 3.23. The van der Waals surface area contributed by atoms with Gasteiger partial charge in [-0.1, -0.05) is 0 Å². The van der Waals surface area contributed by atoms with E-state index in [0.29, 0.717) is 17.7 Å². The van der Waals surface area contributed by atoms with Crippen LogP contribution in [0.2, 0.25) is 0 Å². The maximum absolute atomic E-state index is 11.9. The monoisotopic (exact) mass is 309 g/mol. The SMILES string of the molecule is COC(C)(C)CC(C)NC(=O)Nc1ccc([N+](=O)[O-])c(C)c1. The van der Waals surface area contributed by atoms with E-state index in [2.05, 4.69) is 10.6 Å². The summed E-state index contributed by atoms with van der Waals surface area (Å²) in [7, 11) is 1.63. The summed E-state index contributed by atoms with van der Waals surface area (Å²) in [5, 5.41) is 16.2. The van der Waals surface area contributed by atoms with E-state index < -0.39 is 4.92 Å². The summed E-state index contributed by atoms with van der Waals surface area (Å²) in [6.07, 6.45) is 0.663. The Kier molecular flexibility index (Phi) is 5.87. The molecule has 1 unspecified atom stereocenters. The molecule has 2 N–H and O–H groups in total. The van der Waals surface area contributed by atoms with Crippen LogP contribution < -0.4 is 10.6 Å². The van der Waals surface area contributed by atoms with Crippen molar-refractivity contribution in [3.63, 3.8) is 0 Å². The third-order valence-electron chi connectivity index (χ3n) is 3.38. The van der Waals surface area contributed by atoms with Crippen LogP contribution in [0.5, 0.6) is 0 Å². The molecular weight excluding hydrogens is 286 g/mol. The molecule has 1 aromatic rings. The molecule has 0 radical (unpaired) electrons. The number of hydrogen-bond donors (Lipinski definition) is 2. The van der Waals surface area contributed by atoms with Gasteiger partial charge in [0, 0.05) is 30.5 Å². The lowest BCUT2D eigenvalue weighted by atomic mass is 10.00. The Balaban J connectivity index is 2.62. The zero-order chi connectivity index (χ0) is 16.9. The van der Waals surface area contributed by atoms with Gasteiger partial charge in [-0.2, -0.15) is 0 Å². The highest BCUT2D eigenvalue weighted by Crippen LogP contribution is 2.21. The van der Waals surface area contributed by atoms with Crippen molar-refractivity contribution in [2.75, 3.05) is 12.4 Å². The minimum Gasteiger partial charge on any atom is -0.379 e. The Morgan fingerprint density at radius 1 is 1.45 bits per heavy atom. The number of nitro benzene ring substituents is 1. The lowest BCUT2D eigenvalue weighted by Crippen LogP contribution is -2.40. The zero-order valence-electron chi connectivity index (χ0n) is 13.6. The number of amides is 2. The first-order chi connectivity index (χ1) is 10.1. The first-order valence-electron chi connectivity index (χ1n) is 7.02. The smallest absolute Gasteiger partial charge is 0.319 e. The van der Waals surface area contributed by atoms with Crippen LogP contribution >= 0.6 is 0 Å². The molecule has 1 aromatic carbocycles. The summed E-state index contributed by atoms with van der Waals surface area (Å²) in [5.41, 5.74) is 0.716. The number of urea groups is 1. The van der Waals surface area contributed by atoms with E-state index in [1.165, 1.54) is 12.1 Å². The van der Waals surface area contributed by atoms with E-state index in [4.69, 9.17) is 4.74 Å². The number of ether oxygens (including phenoxy) is 1. The number of hydrogen-bond acceptors (Lipinski definition) is 4. The third-order valence-corrected chi connectivity index (χ3v) is 3.38. The second kappa shape index (κ2) is 7.22. The van der Waals surface area contributed by atoms with Gasteiger partial charge in [0.05, 0.1) is 10.5 Å². The van der Waals surface area contributed by atoms with Gasteiger partial charge < -0.3 is 15.4 Å². The van der Waals surface area contributed by atoms with Crippen molar-refractivity contribution in [1.82, 2.24) is 5.32 Å². The first-order valence-corrected chi connectivity index (χ1v) is 7.02. The molecule has 122 valence electrons. The van der Waals surface area contributed by atoms with E-state index in [1.54, 1.807) is 20.1 Å². The van der Waals surface area contributed by atoms with Crippen LogP contribution in [0.25, 0.3) is 0 Å². The molecule has 2 amide bonds. The number of anilines is 1. The molecule has 7 heteroatoms. The summed E-state index contributed by atoms with van der Waals surface area (Å²) in [6.45, 7) is 7.41. The molecule has 0 saturated carbocycles. The van der Waals surface area contributed by atoms with Crippen molar-refractivity contribution in [2.45, 2.75) is 45.8 Å². The maximum atomic E-state index is 11.9. The van der Waals surface area contributed by atoms with E-state index in [-0.39, 0.29) is 23.4 Å². The molecule has 0 aliphatic heterocycles. The van der Waals surface area contributed by atoms with Crippen molar-refractivity contribution in [1.29, 1.82) is 0 Å². The summed E-state index contributed by atoms with van der Waals surface area (Å²) < 4.78 is 5.32. The van der Waals surface area contributed by atoms with Gasteiger partial charge in [-0.05, 0) is 46.2 Å². The Morgan fingerprint density at radius 3 is 2.59 bits per heavy atom. The van der Waals surface area contributed by atoms with E-state index in [0.717, 1.165) is 0 Å². The molecule has 0 aliphatic rings. The quantitative estimate of drug-likeness (QED) is 0.623. The largest absolute Gasteiger partial charge is 0.379 e. The van der Waals surface area contributed by atoms with Crippen molar-refractivity contribution in [3.8, 4) is 0 Å². The number of rotatable bonds is 6. The van der Waals surface area contributed by atoms with Crippen molar-refractivity contribution in [2.24, 2.45) is 0 Å². The third kappa shape index (κ3) is 5.33. The number of benzene rings is 1. The van der Waals surface area contributed by atoms with E-state index in [9.17, 15) is 14.9 Å². The van der Waals surface area contributed by atoms with E-state index in [1.807, 2.05) is 20.8 Å². The minimum absolute atomic E-state index is 0.0289. The van der Waals surface area contributed by atoms with E-state index >= 15 is 0 Å². The topological polar surface area (TPSA) is 93.5 Å². The van der Waals surface area contributed by atoms with Gasteiger partial charge in [0.1, 0.15) is 0 Å². The van der Waals surface area contributed by atoms with Gasteiger partial charge in [0.15, 0.2) is 0 Å². The molecule has 7 nitrogen and oxygen atoms in total. The molecule has 0 aromatic heterocycles. The van der Waals surface area contributed by atoms with Crippen LogP contribution in [-0.2, 0) is 4.74 Å². The van der Waals surface area contributed by atoms with Crippen LogP contribution in [0.3, 0.4) is 0 Å². The zero-order valence-corrected chi connectivity index (χ0v) is 13.6. The van der Waals surface area contributed by atoms with Crippen molar-refractivity contribution < 1.29 is 14.5 Å². The standard InChI is InChI=1S/C15H23N3O4/c1-10-8-12(6-7-13(10)18(20)21)17-14(19)16-11(2)9-15(3,4)22-5/h6-8,11H,9H2,1-5H3,(H2,16,17,19). The lowest BCUT2D eigenvalue weighted by Gasteiger charge is -2.27. The molecule has 1 atom stereocenters. The highest BCUT2D eigenvalue weighted by atomic mass is 16.6. The summed E-state index contributed by atoms with van der Waals surface area (Å²) in [6, 6.07) is 4.03. The summed E-state index contributed by atoms with van der Waals surface area (Å²) in [5.74, 6) is 0. The highest BCUT2D eigenvalue weighted by molar-refractivity contribution is 5.89. The summed E-state index contributed by atoms with van der Waals surface area (Å²) >= 11 is 0.